The van der Waals surface area contributed by atoms with E-state index in [9.17, 15) is 26.7 Å². The van der Waals surface area contributed by atoms with E-state index in [0.717, 1.165) is 24.3 Å². The first-order valence-electron chi connectivity index (χ1n) is 5.91. The van der Waals surface area contributed by atoms with Crippen LogP contribution >= 0.6 is 0 Å². The normalized spacial score (nSPS) is 14.8. The lowest BCUT2D eigenvalue weighted by atomic mass is 10.0. The molecule has 0 heterocycles. The summed E-state index contributed by atoms with van der Waals surface area (Å²) in [4.78, 5) is -0.391. The van der Waals surface area contributed by atoms with E-state index >= 15 is 0 Å². The largest absolute Gasteiger partial charge is 0.573 e. The molecule has 1 aromatic carbocycles. The number of ether oxygens (including phenoxy) is 1. The predicted molar refractivity (Wildman–Crippen MR) is 69.2 cm³/mol. The number of hydrogen-bond donors (Lipinski definition) is 2. The second-order valence-corrected chi connectivity index (χ2v) is 6.71. The van der Waals surface area contributed by atoms with Crippen molar-refractivity contribution in [2.24, 2.45) is 0 Å². The van der Waals surface area contributed by atoms with Gasteiger partial charge in [-0.15, -0.1) is 13.2 Å². The number of rotatable bonds is 5. The molecule has 1 aromatic rings. The molecule has 0 saturated heterocycles. The summed E-state index contributed by atoms with van der Waals surface area (Å²) in [5, 5.41) is 9.50. The molecule has 0 saturated carbocycles. The molecule has 0 aliphatic rings. The van der Waals surface area contributed by atoms with Crippen molar-refractivity contribution in [1.82, 2.24) is 4.72 Å². The average Bonchev–Trinajstić information content (AvgIpc) is 2.25. The molecule has 0 radical (unpaired) electrons. The Labute approximate surface area is 120 Å². The van der Waals surface area contributed by atoms with E-state index in [1.165, 1.54) is 20.8 Å². The van der Waals surface area contributed by atoms with Crippen LogP contribution in [0.5, 0.6) is 5.75 Å². The summed E-state index contributed by atoms with van der Waals surface area (Å²) < 4.78 is 66.5. The number of alkyl halides is 3. The summed E-state index contributed by atoms with van der Waals surface area (Å²) in [6, 6.07) is 4.01. The third-order valence-corrected chi connectivity index (χ3v) is 4.46. The molecular formula is C12H16F3NO4S. The number of halogens is 3. The Balaban J connectivity index is 3.07. The molecule has 1 rings (SSSR count). The van der Waals surface area contributed by atoms with Crippen LogP contribution in [0, 0.1) is 0 Å². The lowest BCUT2D eigenvalue weighted by molar-refractivity contribution is -0.274. The second-order valence-electron chi connectivity index (χ2n) is 5.03. The van der Waals surface area contributed by atoms with Gasteiger partial charge in [0.15, 0.2) is 0 Å². The van der Waals surface area contributed by atoms with Crippen LogP contribution in [0.1, 0.15) is 20.8 Å². The highest BCUT2D eigenvalue weighted by atomic mass is 32.2. The molecule has 21 heavy (non-hydrogen) atoms. The molecule has 1 atom stereocenters. The summed E-state index contributed by atoms with van der Waals surface area (Å²) in [6.45, 7) is 4.29. The van der Waals surface area contributed by atoms with E-state index in [-0.39, 0.29) is 0 Å². The molecule has 120 valence electrons. The fourth-order valence-electron chi connectivity index (χ4n) is 1.33. The van der Waals surface area contributed by atoms with Crippen molar-refractivity contribution >= 4 is 10.0 Å². The molecule has 0 aliphatic heterocycles. The molecule has 5 nitrogen and oxygen atoms in total. The Morgan fingerprint density at radius 3 is 2.33 bits per heavy atom. The van der Waals surface area contributed by atoms with Gasteiger partial charge in [0.2, 0.25) is 10.0 Å². The monoisotopic (exact) mass is 327 g/mol. The number of sulfonamides is 1. The van der Waals surface area contributed by atoms with Crippen LogP contribution in [0.25, 0.3) is 0 Å². The van der Waals surface area contributed by atoms with Gasteiger partial charge in [-0.05, 0) is 32.9 Å². The Bertz CT molecular complexity index is 597. The summed E-state index contributed by atoms with van der Waals surface area (Å²) in [7, 11) is -4.10. The van der Waals surface area contributed by atoms with E-state index in [4.69, 9.17) is 0 Å². The van der Waals surface area contributed by atoms with Crippen molar-refractivity contribution in [2.75, 3.05) is 0 Å². The Morgan fingerprint density at radius 1 is 1.29 bits per heavy atom. The van der Waals surface area contributed by atoms with Crippen LogP contribution in [0.4, 0.5) is 13.2 Å². The van der Waals surface area contributed by atoms with Gasteiger partial charge in [-0.3, -0.25) is 0 Å². The lowest BCUT2D eigenvalue weighted by Gasteiger charge is -2.28. The fraction of sp³-hybridized carbons (Fsp3) is 0.500. The van der Waals surface area contributed by atoms with E-state index < -0.39 is 38.7 Å². The number of aliphatic hydroxyl groups excluding tert-OH is 1. The third kappa shape index (κ3) is 5.18. The van der Waals surface area contributed by atoms with E-state index in [1.54, 1.807) is 0 Å². The molecule has 2 N–H and O–H groups in total. The van der Waals surface area contributed by atoms with Gasteiger partial charge in [-0.2, -0.15) is 0 Å². The Kier molecular flexibility index (Phi) is 4.91. The van der Waals surface area contributed by atoms with Crippen LogP contribution < -0.4 is 9.46 Å². The quantitative estimate of drug-likeness (QED) is 0.867. The van der Waals surface area contributed by atoms with E-state index in [1.807, 2.05) is 0 Å². The molecule has 0 fully saturated rings. The molecule has 0 spiro atoms. The first kappa shape index (κ1) is 17.7. The zero-order valence-corrected chi connectivity index (χ0v) is 12.4. The number of hydrogen-bond acceptors (Lipinski definition) is 4. The lowest BCUT2D eigenvalue weighted by Crippen LogP contribution is -2.50. The Morgan fingerprint density at radius 2 is 1.86 bits per heavy atom. The molecule has 0 aliphatic carbocycles. The number of aliphatic hydroxyl groups is 1. The van der Waals surface area contributed by atoms with Gasteiger partial charge in [0.1, 0.15) is 5.75 Å². The summed E-state index contributed by atoms with van der Waals surface area (Å²) in [5.74, 6) is -0.639. The van der Waals surface area contributed by atoms with Crippen molar-refractivity contribution in [3.05, 3.63) is 24.3 Å². The van der Waals surface area contributed by atoms with Crippen LogP contribution in [0.15, 0.2) is 29.2 Å². The van der Waals surface area contributed by atoms with Gasteiger partial charge in [-0.25, -0.2) is 13.1 Å². The van der Waals surface area contributed by atoms with Crippen LogP contribution in [-0.2, 0) is 10.0 Å². The molecular weight excluding hydrogens is 311 g/mol. The first-order valence-corrected chi connectivity index (χ1v) is 7.40. The van der Waals surface area contributed by atoms with Crippen LogP contribution in [0.2, 0.25) is 0 Å². The van der Waals surface area contributed by atoms with Gasteiger partial charge < -0.3 is 9.84 Å². The molecule has 0 bridgehead atoms. The maximum absolute atomic E-state index is 12.1. The SMILES string of the molecule is CC(O)C(C)(C)NS(=O)(=O)c1cccc(OC(F)(F)F)c1. The average molecular weight is 327 g/mol. The maximum Gasteiger partial charge on any atom is 0.573 e. The second kappa shape index (κ2) is 5.82. The summed E-state index contributed by atoms with van der Waals surface area (Å²) in [5.41, 5.74) is -1.18. The minimum atomic E-state index is -4.91. The smallest absolute Gasteiger partial charge is 0.406 e. The highest BCUT2D eigenvalue weighted by Crippen LogP contribution is 2.25. The number of nitrogens with one attached hydrogen (secondary N) is 1. The minimum Gasteiger partial charge on any atom is -0.406 e. The van der Waals surface area contributed by atoms with Gasteiger partial charge in [-0.1, -0.05) is 6.07 Å². The first-order chi connectivity index (χ1) is 9.33. The zero-order valence-electron chi connectivity index (χ0n) is 11.6. The van der Waals surface area contributed by atoms with Crippen molar-refractivity contribution in [2.45, 2.75) is 43.7 Å². The fourth-order valence-corrected chi connectivity index (χ4v) is 2.84. The zero-order chi connectivity index (χ0) is 16.5. The predicted octanol–water partition coefficient (Wildman–Crippen LogP) is 2.02. The van der Waals surface area contributed by atoms with Crippen molar-refractivity contribution in [3.8, 4) is 5.75 Å². The summed E-state index contributed by atoms with van der Waals surface area (Å²) >= 11 is 0. The Hall–Kier alpha value is -1.32. The van der Waals surface area contributed by atoms with Crippen LogP contribution in [-0.4, -0.2) is 31.5 Å². The summed E-state index contributed by atoms with van der Waals surface area (Å²) in [6.07, 6.45) is -5.91. The van der Waals surface area contributed by atoms with Gasteiger partial charge >= 0.3 is 6.36 Å². The standard InChI is InChI=1S/C12H16F3NO4S/c1-8(17)11(2,3)16-21(18,19)10-6-4-5-9(7-10)20-12(13,14)15/h4-8,16-17H,1-3H3. The minimum absolute atomic E-state index is 0.391. The third-order valence-electron chi connectivity index (χ3n) is 2.79. The van der Waals surface area contributed by atoms with E-state index in [0.29, 0.717) is 0 Å². The molecule has 1 unspecified atom stereocenters. The van der Waals surface area contributed by atoms with Gasteiger partial charge in [0.25, 0.3) is 0 Å². The molecule has 9 heteroatoms. The van der Waals surface area contributed by atoms with Crippen molar-refractivity contribution in [3.63, 3.8) is 0 Å². The van der Waals surface area contributed by atoms with Crippen LogP contribution in [0.3, 0.4) is 0 Å². The van der Waals surface area contributed by atoms with E-state index in [2.05, 4.69) is 9.46 Å². The molecule has 0 aromatic heterocycles. The van der Waals surface area contributed by atoms with Gasteiger partial charge in [0, 0.05) is 6.07 Å². The van der Waals surface area contributed by atoms with Gasteiger partial charge in [0.05, 0.1) is 16.5 Å². The van der Waals surface area contributed by atoms with Crippen molar-refractivity contribution < 1.29 is 31.4 Å². The highest BCUT2D eigenvalue weighted by molar-refractivity contribution is 7.89. The highest BCUT2D eigenvalue weighted by Gasteiger charge is 2.33. The topological polar surface area (TPSA) is 75.6 Å². The van der Waals surface area contributed by atoms with Crippen molar-refractivity contribution in [1.29, 1.82) is 0 Å². The number of benzene rings is 1. The molecule has 0 amide bonds. The maximum atomic E-state index is 12.1.